The Balaban J connectivity index is 1.50. The molecule has 1 aromatic carbocycles. The predicted octanol–water partition coefficient (Wildman–Crippen LogP) is 3.24. The van der Waals surface area contributed by atoms with Crippen LogP contribution in [0.4, 0.5) is 5.82 Å². The number of aliphatic hydroxyl groups is 1. The minimum Gasteiger partial charge on any atom is -0.389 e. The van der Waals surface area contributed by atoms with Crippen molar-refractivity contribution in [2.24, 2.45) is 0 Å². The molecule has 0 radical (unpaired) electrons. The molecule has 0 saturated heterocycles. The Kier molecular flexibility index (Phi) is 5.17. The topological polar surface area (TPSA) is 67.3 Å². The predicted molar refractivity (Wildman–Crippen MR) is 92.7 cm³/mol. The quantitative estimate of drug-likeness (QED) is 0.696. The van der Waals surface area contributed by atoms with Crippen molar-refractivity contribution in [1.82, 2.24) is 9.97 Å². The van der Waals surface area contributed by atoms with E-state index in [0.29, 0.717) is 6.54 Å². The van der Waals surface area contributed by atoms with Gasteiger partial charge in [0.1, 0.15) is 17.0 Å². The Morgan fingerprint density at radius 2 is 2.04 bits per heavy atom. The molecule has 0 bridgehead atoms. The summed E-state index contributed by atoms with van der Waals surface area (Å²) in [6, 6.07) is 11.9. The first-order valence-electron chi connectivity index (χ1n) is 7.50. The first kappa shape index (κ1) is 15.9. The van der Waals surface area contributed by atoms with Gasteiger partial charge in [-0.05, 0) is 23.9 Å². The molecule has 0 aliphatic carbocycles. The van der Waals surface area contributed by atoms with Crippen molar-refractivity contribution in [3.05, 3.63) is 53.7 Å². The average Bonchev–Trinajstić information content (AvgIpc) is 3.07. The van der Waals surface area contributed by atoms with Crippen molar-refractivity contribution in [3.8, 4) is 0 Å². The maximum atomic E-state index is 10.1. The van der Waals surface area contributed by atoms with Gasteiger partial charge in [0.05, 0.1) is 24.2 Å². The highest BCUT2D eigenvalue weighted by Crippen LogP contribution is 2.23. The second-order valence-electron chi connectivity index (χ2n) is 5.28. The van der Waals surface area contributed by atoms with E-state index in [1.165, 1.54) is 6.33 Å². The number of rotatable bonds is 7. The number of benzene rings is 1. The summed E-state index contributed by atoms with van der Waals surface area (Å²) in [5.41, 5.74) is 1.10. The highest BCUT2D eigenvalue weighted by atomic mass is 32.1. The monoisotopic (exact) mass is 329 g/mol. The molecule has 0 aliphatic heterocycles. The fourth-order valence-corrected chi connectivity index (χ4v) is 3.01. The van der Waals surface area contributed by atoms with Gasteiger partial charge in [0.25, 0.3) is 0 Å². The molecule has 3 rings (SSSR count). The van der Waals surface area contributed by atoms with Gasteiger partial charge in [-0.1, -0.05) is 30.3 Å². The maximum absolute atomic E-state index is 10.1. The maximum Gasteiger partial charge on any atom is 0.138 e. The van der Waals surface area contributed by atoms with Gasteiger partial charge >= 0.3 is 0 Å². The summed E-state index contributed by atoms with van der Waals surface area (Å²) in [6.45, 7) is 2.62. The minimum atomic E-state index is -0.607. The molecular weight excluding hydrogens is 310 g/mol. The summed E-state index contributed by atoms with van der Waals surface area (Å²) in [5, 5.41) is 16.2. The fourth-order valence-electron chi connectivity index (χ4n) is 2.28. The Bertz CT molecular complexity index is 748. The first-order chi connectivity index (χ1) is 11.2. The fraction of sp³-hybridized carbons (Fsp3) is 0.294. The number of ether oxygens (including phenoxy) is 1. The van der Waals surface area contributed by atoms with Gasteiger partial charge in [-0.2, -0.15) is 0 Å². The van der Waals surface area contributed by atoms with Crippen molar-refractivity contribution in [2.75, 3.05) is 18.5 Å². The van der Waals surface area contributed by atoms with Gasteiger partial charge < -0.3 is 15.2 Å². The lowest BCUT2D eigenvalue weighted by molar-refractivity contribution is 0.00242. The van der Waals surface area contributed by atoms with E-state index < -0.39 is 6.10 Å². The molecule has 0 amide bonds. The van der Waals surface area contributed by atoms with Gasteiger partial charge in [-0.3, -0.25) is 0 Å². The summed E-state index contributed by atoms with van der Waals surface area (Å²) in [5.74, 6) is 0.742. The number of nitrogens with one attached hydrogen (secondary N) is 1. The molecular formula is C17H19N3O2S. The third kappa shape index (κ3) is 4.04. The lowest BCUT2D eigenvalue weighted by Gasteiger charge is -2.17. The summed E-state index contributed by atoms with van der Waals surface area (Å²) >= 11 is 1.57. The van der Waals surface area contributed by atoms with Crippen molar-refractivity contribution < 1.29 is 9.84 Å². The van der Waals surface area contributed by atoms with Crippen LogP contribution in [0.1, 0.15) is 18.6 Å². The van der Waals surface area contributed by atoms with Crippen molar-refractivity contribution in [2.45, 2.75) is 19.1 Å². The van der Waals surface area contributed by atoms with Crippen LogP contribution in [0, 0.1) is 0 Å². The van der Waals surface area contributed by atoms with Crippen LogP contribution in [0.2, 0.25) is 0 Å². The Labute approximate surface area is 139 Å². The number of fused-ring (bicyclic) bond motifs is 1. The summed E-state index contributed by atoms with van der Waals surface area (Å²) in [6.07, 6.45) is 0.875. The third-order valence-electron chi connectivity index (χ3n) is 3.57. The van der Waals surface area contributed by atoms with E-state index in [9.17, 15) is 5.11 Å². The zero-order valence-corrected chi connectivity index (χ0v) is 13.7. The van der Waals surface area contributed by atoms with E-state index in [-0.39, 0.29) is 12.7 Å². The molecule has 6 heteroatoms. The molecule has 0 aliphatic rings. The Hall–Kier alpha value is -2.02. The second-order valence-corrected chi connectivity index (χ2v) is 6.18. The van der Waals surface area contributed by atoms with Crippen molar-refractivity contribution >= 4 is 27.4 Å². The van der Waals surface area contributed by atoms with Crippen LogP contribution in [0.25, 0.3) is 10.2 Å². The van der Waals surface area contributed by atoms with E-state index in [4.69, 9.17) is 4.74 Å². The first-order valence-corrected chi connectivity index (χ1v) is 8.38. The van der Waals surface area contributed by atoms with Crippen LogP contribution in [0.5, 0.6) is 0 Å². The number of hydrogen-bond acceptors (Lipinski definition) is 6. The van der Waals surface area contributed by atoms with E-state index in [2.05, 4.69) is 15.3 Å². The van der Waals surface area contributed by atoms with Crippen LogP contribution in [0.15, 0.2) is 48.1 Å². The molecule has 3 aromatic rings. The molecule has 2 aromatic heterocycles. The molecule has 5 nitrogen and oxygen atoms in total. The summed E-state index contributed by atoms with van der Waals surface area (Å²) in [4.78, 5) is 9.36. The van der Waals surface area contributed by atoms with Crippen LogP contribution in [-0.2, 0) is 4.74 Å². The van der Waals surface area contributed by atoms with Crippen LogP contribution < -0.4 is 5.32 Å². The van der Waals surface area contributed by atoms with Gasteiger partial charge in [0, 0.05) is 6.54 Å². The van der Waals surface area contributed by atoms with E-state index in [1.807, 2.05) is 48.7 Å². The smallest absolute Gasteiger partial charge is 0.138 e. The number of aliphatic hydroxyl groups excluding tert-OH is 1. The lowest BCUT2D eigenvalue weighted by atomic mass is 10.1. The highest BCUT2D eigenvalue weighted by Gasteiger charge is 2.11. The zero-order chi connectivity index (χ0) is 16.1. The van der Waals surface area contributed by atoms with Crippen LogP contribution >= 0.6 is 11.3 Å². The lowest BCUT2D eigenvalue weighted by Crippen LogP contribution is -2.25. The van der Waals surface area contributed by atoms with Crippen molar-refractivity contribution in [1.29, 1.82) is 0 Å². The molecule has 2 atom stereocenters. The molecule has 2 heterocycles. The Morgan fingerprint density at radius 1 is 1.22 bits per heavy atom. The number of thiophene rings is 1. The average molecular weight is 329 g/mol. The number of hydrogen-bond donors (Lipinski definition) is 2. The molecule has 2 N–H and O–H groups in total. The molecule has 0 fully saturated rings. The summed E-state index contributed by atoms with van der Waals surface area (Å²) < 4.78 is 5.73. The van der Waals surface area contributed by atoms with E-state index >= 15 is 0 Å². The van der Waals surface area contributed by atoms with Gasteiger partial charge in [-0.25, -0.2) is 9.97 Å². The third-order valence-corrected chi connectivity index (χ3v) is 4.40. The Morgan fingerprint density at radius 3 is 2.87 bits per heavy atom. The molecule has 0 unspecified atom stereocenters. The largest absolute Gasteiger partial charge is 0.389 e. The number of aromatic nitrogens is 2. The van der Waals surface area contributed by atoms with Gasteiger partial charge in [-0.15, -0.1) is 11.3 Å². The molecule has 23 heavy (non-hydrogen) atoms. The molecule has 0 saturated carbocycles. The second kappa shape index (κ2) is 7.50. The number of anilines is 1. The van der Waals surface area contributed by atoms with Gasteiger partial charge in [0.15, 0.2) is 0 Å². The van der Waals surface area contributed by atoms with E-state index in [0.717, 1.165) is 21.6 Å². The standard InChI is InChI=1S/C17H19N3O2S/c1-12(13-5-3-2-4-6-13)22-10-14(21)9-18-16-15-7-8-23-17(15)20-11-19-16/h2-8,11-12,14,21H,9-10H2,1H3,(H,18,19,20)/t12-,14-/m1/s1. The molecule has 0 spiro atoms. The van der Waals surface area contributed by atoms with E-state index in [1.54, 1.807) is 11.3 Å². The molecule has 120 valence electrons. The van der Waals surface area contributed by atoms with Crippen LogP contribution in [0.3, 0.4) is 0 Å². The SMILES string of the molecule is C[C@@H](OC[C@H](O)CNc1ncnc2sccc12)c1ccccc1. The van der Waals surface area contributed by atoms with Crippen molar-refractivity contribution in [3.63, 3.8) is 0 Å². The summed E-state index contributed by atoms with van der Waals surface area (Å²) in [7, 11) is 0. The minimum absolute atomic E-state index is 0.0477. The van der Waals surface area contributed by atoms with Crippen LogP contribution in [-0.4, -0.2) is 34.3 Å². The normalized spacial score (nSPS) is 13.8. The zero-order valence-electron chi connectivity index (χ0n) is 12.8. The highest BCUT2D eigenvalue weighted by molar-refractivity contribution is 7.16. The number of nitrogens with zero attached hydrogens (tertiary/aromatic N) is 2. The van der Waals surface area contributed by atoms with Gasteiger partial charge in [0.2, 0.25) is 0 Å².